The number of rotatable bonds is 3. The third kappa shape index (κ3) is 2.70. The van der Waals surface area contributed by atoms with Crippen LogP contribution in [0.1, 0.15) is 32.4 Å². The standard InChI is InChI=1S/C14H19N5O2S/c1-8(2)15-12(21)10-5-4-6-18(10)14-17-19-11(20)7-9(3)16-13(19)22-14/h7-8,10H,4-6H2,1-3H3,(H,15,21). The Balaban J connectivity index is 1.94. The average Bonchev–Trinajstić information content (AvgIpc) is 3.02. The molecule has 3 heterocycles. The predicted molar refractivity (Wildman–Crippen MR) is 85.5 cm³/mol. The normalized spacial score (nSPS) is 18.4. The second kappa shape index (κ2) is 5.68. The van der Waals surface area contributed by atoms with Crippen molar-refractivity contribution in [3.05, 3.63) is 22.1 Å². The van der Waals surface area contributed by atoms with Crippen molar-refractivity contribution in [3.63, 3.8) is 0 Å². The largest absolute Gasteiger partial charge is 0.352 e. The Labute approximate surface area is 132 Å². The van der Waals surface area contributed by atoms with E-state index in [0.717, 1.165) is 19.4 Å². The molecule has 1 unspecified atom stereocenters. The zero-order chi connectivity index (χ0) is 15.9. The fourth-order valence-corrected chi connectivity index (χ4v) is 3.70. The van der Waals surface area contributed by atoms with Gasteiger partial charge in [-0.1, -0.05) is 11.3 Å². The molecule has 1 fully saturated rings. The van der Waals surface area contributed by atoms with Crippen molar-refractivity contribution in [2.75, 3.05) is 11.4 Å². The van der Waals surface area contributed by atoms with Gasteiger partial charge >= 0.3 is 0 Å². The van der Waals surface area contributed by atoms with Crippen LogP contribution in [0.5, 0.6) is 0 Å². The molecule has 0 saturated carbocycles. The van der Waals surface area contributed by atoms with E-state index in [2.05, 4.69) is 15.4 Å². The highest BCUT2D eigenvalue weighted by atomic mass is 32.1. The maximum absolute atomic E-state index is 12.3. The molecule has 1 N–H and O–H groups in total. The van der Waals surface area contributed by atoms with Crippen molar-refractivity contribution < 1.29 is 4.79 Å². The molecule has 1 saturated heterocycles. The minimum Gasteiger partial charge on any atom is -0.352 e. The zero-order valence-corrected chi connectivity index (χ0v) is 13.7. The number of nitrogens with zero attached hydrogens (tertiary/aromatic N) is 4. The van der Waals surface area contributed by atoms with Crippen LogP contribution in [-0.4, -0.2) is 39.1 Å². The fraction of sp³-hybridized carbons (Fsp3) is 0.571. The molecule has 1 aliphatic rings. The number of carbonyl (C=O) groups is 1. The van der Waals surface area contributed by atoms with Gasteiger partial charge in [-0.2, -0.15) is 4.52 Å². The van der Waals surface area contributed by atoms with Crippen LogP contribution >= 0.6 is 11.3 Å². The monoisotopic (exact) mass is 321 g/mol. The van der Waals surface area contributed by atoms with Crippen LogP contribution in [0.3, 0.4) is 0 Å². The van der Waals surface area contributed by atoms with Crippen molar-refractivity contribution in [1.29, 1.82) is 0 Å². The van der Waals surface area contributed by atoms with Gasteiger partial charge in [-0.05, 0) is 33.6 Å². The third-order valence-electron chi connectivity index (χ3n) is 3.59. The summed E-state index contributed by atoms with van der Waals surface area (Å²) in [6.45, 7) is 6.45. The molecule has 7 nitrogen and oxygen atoms in total. The first-order valence-corrected chi connectivity index (χ1v) is 8.22. The molecule has 0 bridgehead atoms. The van der Waals surface area contributed by atoms with Crippen molar-refractivity contribution >= 4 is 27.3 Å². The van der Waals surface area contributed by atoms with Gasteiger partial charge in [0, 0.05) is 24.3 Å². The summed E-state index contributed by atoms with van der Waals surface area (Å²) in [4.78, 5) is 31.2. The van der Waals surface area contributed by atoms with Gasteiger partial charge in [-0.25, -0.2) is 4.98 Å². The summed E-state index contributed by atoms with van der Waals surface area (Å²) in [5.74, 6) is 0.0169. The van der Waals surface area contributed by atoms with E-state index in [4.69, 9.17) is 0 Å². The van der Waals surface area contributed by atoms with E-state index in [1.54, 1.807) is 6.92 Å². The minimum atomic E-state index is -0.222. The molecule has 118 valence electrons. The maximum atomic E-state index is 12.3. The van der Waals surface area contributed by atoms with Gasteiger partial charge in [0.2, 0.25) is 16.0 Å². The lowest BCUT2D eigenvalue weighted by Crippen LogP contribution is -2.45. The zero-order valence-electron chi connectivity index (χ0n) is 12.9. The summed E-state index contributed by atoms with van der Waals surface area (Å²) < 4.78 is 1.31. The maximum Gasteiger partial charge on any atom is 0.275 e. The highest BCUT2D eigenvalue weighted by Gasteiger charge is 2.33. The van der Waals surface area contributed by atoms with Crippen LogP contribution in [0, 0.1) is 6.92 Å². The first kappa shape index (κ1) is 15.0. The molecule has 3 rings (SSSR count). The number of amides is 1. The molecule has 1 aliphatic heterocycles. The van der Waals surface area contributed by atoms with Crippen molar-refractivity contribution in [3.8, 4) is 0 Å². The van der Waals surface area contributed by atoms with E-state index in [9.17, 15) is 9.59 Å². The van der Waals surface area contributed by atoms with Crippen LogP contribution in [0.15, 0.2) is 10.9 Å². The van der Waals surface area contributed by atoms with Crippen LogP contribution in [-0.2, 0) is 4.79 Å². The quantitative estimate of drug-likeness (QED) is 0.910. The van der Waals surface area contributed by atoms with Gasteiger partial charge in [-0.15, -0.1) is 5.10 Å². The Morgan fingerprint density at radius 2 is 2.27 bits per heavy atom. The van der Waals surface area contributed by atoms with E-state index < -0.39 is 0 Å². The second-order valence-corrected chi connectivity index (χ2v) is 6.76. The summed E-state index contributed by atoms with van der Waals surface area (Å²) in [6, 6.07) is 1.35. The van der Waals surface area contributed by atoms with Gasteiger partial charge < -0.3 is 10.2 Å². The van der Waals surface area contributed by atoms with E-state index in [-0.39, 0.29) is 23.6 Å². The number of anilines is 1. The van der Waals surface area contributed by atoms with Gasteiger partial charge in [0.05, 0.1) is 0 Å². The lowest BCUT2D eigenvalue weighted by atomic mass is 10.2. The van der Waals surface area contributed by atoms with Gasteiger partial charge in [0.15, 0.2) is 0 Å². The van der Waals surface area contributed by atoms with Crippen molar-refractivity contribution in [2.24, 2.45) is 0 Å². The topological polar surface area (TPSA) is 79.6 Å². The lowest BCUT2D eigenvalue weighted by molar-refractivity contribution is -0.122. The number of carbonyl (C=O) groups excluding carboxylic acids is 1. The number of aromatic nitrogens is 3. The van der Waals surface area contributed by atoms with Crippen LogP contribution < -0.4 is 15.8 Å². The summed E-state index contributed by atoms with van der Waals surface area (Å²) in [5, 5.41) is 7.98. The summed E-state index contributed by atoms with van der Waals surface area (Å²) in [7, 11) is 0. The fourth-order valence-electron chi connectivity index (χ4n) is 2.68. The molecule has 0 spiro atoms. The molecule has 1 atom stereocenters. The number of nitrogens with one attached hydrogen (secondary N) is 1. The number of hydrogen-bond donors (Lipinski definition) is 1. The molecule has 2 aromatic heterocycles. The molecule has 0 aromatic carbocycles. The highest BCUT2D eigenvalue weighted by Crippen LogP contribution is 2.29. The van der Waals surface area contributed by atoms with Gasteiger partial charge in [0.1, 0.15) is 6.04 Å². The van der Waals surface area contributed by atoms with Crippen LogP contribution in [0.4, 0.5) is 5.13 Å². The minimum absolute atomic E-state index is 0.0169. The number of hydrogen-bond acceptors (Lipinski definition) is 6. The molecule has 2 aromatic rings. The Bertz CT molecular complexity index is 766. The van der Waals surface area contributed by atoms with Gasteiger partial charge in [-0.3, -0.25) is 9.59 Å². The first-order valence-electron chi connectivity index (χ1n) is 7.40. The molecule has 0 radical (unpaired) electrons. The molecule has 0 aliphatic carbocycles. The predicted octanol–water partition coefficient (Wildman–Crippen LogP) is 0.953. The van der Waals surface area contributed by atoms with E-state index in [1.165, 1.54) is 21.9 Å². The third-order valence-corrected chi connectivity index (χ3v) is 4.54. The summed E-state index contributed by atoms with van der Waals surface area (Å²) in [5.41, 5.74) is 0.489. The average molecular weight is 321 g/mol. The number of fused-ring (bicyclic) bond motifs is 1. The highest BCUT2D eigenvalue weighted by molar-refractivity contribution is 7.20. The van der Waals surface area contributed by atoms with E-state index >= 15 is 0 Å². The second-order valence-electron chi connectivity index (χ2n) is 5.83. The van der Waals surface area contributed by atoms with Crippen LogP contribution in [0.25, 0.3) is 4.96 Å². The van der Waals surface area contributed by atoms with E-state index in [1.807, 2.05) is 18.7 Å². The summed E-state index contributed by atoms with van der Waals surface area (Å²) in [6.07, 6.45) is 1.74. The smallest absolute Gasteiger partial charge is 0.275 e. The summed E-state index contributed by atoms with van der Waals surface area (Å²) >= 11 is 1.35. The first-order chi connectivity index (χ1) is 10.5. The lowest BCUT2D eigenvalue weighted by Gasteiger charge is -2.23. The molecule has 22 heavy (non-hydrogen) atoms. The Kier molecular flexibility index (Phi) is 3.86. The Morgan fingerprint density at radius 1 is 1.50 bits per heavy atom. The Hall–Kier alpha value is -1.96. The van der Waals surface area contributed by atoms with Gasteiger partial charge in [0.25, 0.3) is 5.56 Å². The van der Waals surface area contributed by atoms with E-state index in [0.29, 0.717) is 15.8 Å². The Morgan fingerprint density at radius 3 is 3.00 bits per heavy atom. The molecular weight excluding hydrogens is 302 g/mol. The van der Waals surface area contributed by atoms with Crippen molar-refractivity contribution in [2.45, 2.75) is 45.7 Å². The molecular formula is C14H19N5O2S. The SMILES string of the molecule is Cc1cc(=O)n2nc(N3CCCC3C(=O)NC(C)C)sc2n1. The molecule has 1 amide bonds. The van der Waals surface area contributed by atoms with Crippen molar-refractivity contribution in [1.82, 2.24) is 19.9 Å². The molecule has 8 heteroatoms. The van der Waals surface area contributed by atoms with Crippen LogP contribution in [0.2, 0.25) is 0 Å². The number of aryl methyl sites for hydroxylation is 1.